The Labute approximate surface area is 128 Å². The molecule has 6 nitrogen and oxygen atoms in total. The van der Waals surface area contributed by atoms with Crippen LogP contribution in [0.4, 0.5) is 0 Å². The van der Waals surface area contributed by atoms with Crippen molar-refractivity contribution in [1.82, 2.24) is 25.0 Å². The number of H-pyrrole nitrogens is 1. The van der Waals surface area contributed by atoms with E-state index in [-0.39, 0.29) is 6.10 Å². The first-order valence-corrected chi connectivity index (χ1v) is 8.02. The summed E-state index contributed by atoms with van der Waals surface area (Å²) in [6.07, 6.45) is 0.272. The third kappa shape index (κ3) is 3.88. The van der Waals surface area contributed by atoms with Crippen LogP contribution in [0.1, 0.15) is 5.82 Å². The van der Waals surface area contributed by atoms with Crippen molar-refractivity contribution >= 4 is 11.3 Å². The molecule has 3 rings (SSSR count). The summed E-state index contributed by atoms with van der Waals surface area (Å²) in [4.78, 5) is 10.2. The molecule has 0 amide bonds. The maximum atomic E-state index is 5.79. The molecule has 3 heterocycles. The van der Waals surface area contributed by atoms with Gasteiger partial charge in [0.1, 0.15) is 5.82 Å². The van der Waals surface area contributed by atoms with E-state index in [1.54, 1.807) is 11.3 Å². The molecule has 1 fully saturated rings. The van der Waals surface area contributed by atoms with Gasteiger partial charge in [0, 0.05) is 19.6 Å². The molecule has 0 bridgehead atoms. The smallest absolute Gasteiger partial charge is 0.191 e. The molecule has 0 spiro atoms. The Hall–Kier alpha value is -1.28. The van der Waals surface area contributed by atoms with Crippen molar-refractivity contribution in [3.8, 4) is 10.7 Å². The number of hydrogen-bond donors (Lipinski definition) is 1. The molecule has 1 aliphatic heterocycles. The van der Waals surface area contributed by atoms with Gasteiger partial charge in [0.2, 0.25) is 0 Å². The van der Waals surface area contributed by atoms with E-state index in [1.165, 1.54) is 0 Å². The van der Waals surface area contributed by atoms with Gasteiger partial charge < -0.3 is 9.64 Å². The predicted molar refractivity (Wildman–Crippen MR) is 83.3 cm³/mol. The van der Waals surface area contributed by atoms with Crippen LogP contribution in [0.3, 0.4) is 0 Å². The van der Waals surface area contributed by atoms with Crippen molar-refractivity contribution in [2.75, 3.05) is 40.3 Å². The van der Waals surface area contributed by atoms with Crippen molar-refractivity contribution in [3.63, 3.8) is 0 Å². The lowest BCUT2D eigenvalue weighted by molar-refractivity contribution is -0.0413. The summed E-state index contributed by atoms with van der Waals surface area (Å²) in [5.41, 5.74) is 0. The number of nitrogens with zero attached hydrogens (tertiary/aromatic N) is 4. The van der Waals surface area contributed by atoms with Crippen molar-refractivity contribution in [2.24, 2.45) is 0 Å². The third-order valence-corrected chi connectivity index (χ3v) is 4.30. The average molecular weight is 307 g/mol. The van der Waals surface area contributed by atoms with E-state index in [0.29, 0.717) is 0 Å². The summed E-state index contributed by atoms with van der Waals surface area (Å²) in [6.45, 7) is 4.41. The molecule has 7 heteroatoms. The summed E-state index contributed by atoms with van der Waals surface area (Å²) in [5, 5.41) is 9.39. The molecule has 21 heavy (non-hydrogen) atoms. The van der Waals surface area contributed by atoms with E-state index >= 15 is 0 Å². The van der Waals surface area contributed by atoms with Gasteiger partial charge in [0.15, 0.2) is 5.82 Å². The van der Waals surface area contributed by atoms with Crippen LogP contribution in [0.25, 0.3) is 10.7 Å². The molecule has 1 N–H and O–H groups in total. The lowest BCUT2D eigenvalue weighted by Crippen LogP contribution is -2.46. The van der Waals surface area contributed by atoms with Crippen LogP contribution in [-0.4, -0.2) is 71.4 Å². The lowest BCUT2D eigenvalue weighted by Gasteiger charge is -2.33. The Kier molecular flexibility index (Phi) is 4.64. The molecule has 0 radical (unpaired) electrons. The number of ether oxygens (including phenoxy) is 1. The minimum Gasteiger partial charge on any atom is -0.374 e. The topological polar surface area (TPSA) is 57.3 Å². The van der Waals surface area contributed by atoms with Crippen molar-refractivity contribution < 1.29 is 4.74 Å². The second-order valence-corrected chi connectivity index (χ2v) is 6.52. The first kappa shape index (κ1) is 14.6. The fourth-order valence-electron chi connectivity index (χ4n) is 2.54. The van der Waals surface area contributed by atoms with Gasteiger partial charge in [-0.3, -0.25) is 10.00 Å². The quantitative estimate of drug-likeness (QED) is 0.902. The molecular weight excluding hydrogens is 286 g/mol. The lowest BCUT2D eigenvalue weighted by atomic mass is 10.2. The molecule has 1 aliphatic rings. The van der Waals surface area contributed by atoms with Crippen LogP contribution in [0.15, 0.2) is 17.5 Å². The molecule has 1 atom stereocenters. The Morgan fingerprint density at radius 2 is 2.43 bits per heavy atom. The Balaban J connectivity index is 1.59. The minimum atomic E-state index is 0.272. The summed E-state index contributed by atoms with van der Waals surface area (Å²) in [5.74, 6) is 1.71. The largest absolute Gasteiger partial charge is 0.374 e. The first-order chi connectivity index (χ1) is 10.2. The Morgan fingerprint density at radius 3 is 3.19 bits per heavy atom. The monoisotopic (exact) mass is 307 g/mol. The summed E-state index contributed by atoms with van der Waals surface area (Å²) in [7, 11) is 4.15. The van der Waals surface area contributed by atoms with Crippen LogP contribution < -0.4 is 0 Å². The summed E-state index contributed by atoms with van der Waals surface area (Å²) < 4.78 is 5.79. The Morgan fingerprint density at radius 1 is 1.52 bits per heavy atom. The van der Waals surface area contributed by atoms with E-state index in [2.05, 4.69) is 39.1 Å². The van der Waals surface area contributed by atoms with Crippen molar-refractivity contribution in [2.45, 2.75) is 12.6 Å². The average Bonchev–Trinajstić information content (AvgIpc) is 3.08. The molecule has 0 aliphatic carbocycles. The molecular formula is C14H21N5OS. The number of thiophene rings is 1. The molecule has 0 aromatic carbocycles. The van der Waals surface area contributed by atoms with Crippen LogP contribution in [0.5, 0.6) is 0 Å². The van der Waals surface area contributed by atoms with E-state index in [1.807, 2.05) is 17.5 Å². The van der Waals surface area contributed by atoms with Crippen LogP contribution in [0, 0.1) is 0 Å². The fourth-order valence-corrected chi connectivity index (χ4v) is 3.19. The van der Waals surface area contributed by atoms with E-state index in [0.717, 1.165) is 49.3 Å². The Bertz CT molecular complexity index is 553. The standard InChI is InChI=1S/C14H21N5OS/c1-18(2)8-11-9-19(5-6-20-11)10-13-15-14(17-16-13)12-4-3-7-21-12/h3-4,7,11H,5-6,8-10H2,1-2H3,(H,15,16,17)/t11-/m0/s1. The summed E-state index contributed by atoms with van der Waals surface area (Å²) >= 11 is 1.66. The van der Waals surface area contributed by atoms with Gasteiger partial charge in [-0.25, -0.2) is 4.98 Å². The van der Waals surface area contributed by atoms with Gasteiger partial charge in [0.05, 0.1) is 24.1 Å². The van der Waals surface area contributed by atoms with Gasteiger partial charge in [-0.15, -0.1) is 11.3 Å². The molecule has 114 valence electrons. The van der Waals surface area contributed by atoms with E-state index in [4.69, 9.17) is 4.74 Å². The highest BCUT2D eigenvalue weighted by Crippen LogP contribution is 2.20. The van der Waals surface area contributed by atoms with E-state index < -0.39 is 0 Å². The van der Waals surface area contributed by atoms with Gasteiger partial charge in [0.25, 0.3) is 0 Å². The highest BCUT2D eigenvalue weighted by Gasteiger charge is 2.22. The van der Waals surface area contributed by atoms with Crippen molar-refractivity contribution in [3.05, 3.63) is 23.3 Å². The van der Waals surface area contributed by atoms with Gasteiger partial charge in [-0.05, 0) is 25.5 Å². The minimum absolute atomic E-state index is 0.272. The number of nitrogens with one attached hydrogen (secondary N) is 1. The zero-order chi connectivity index (χ0) is 14.7. The third-order valence-electron chi connectivity index (χ3n) is 3.44. The fraction of sp³-hybridized carbons (Fsp3) is 0.571. The van der Waals surface area contributed by atoms with Crippen LogP contribution >= 0.6 is 11.3 Å². The van der Waals surface area contributed by atoms with Crippen LogP contribution in [-0.2, 0) is 11.3 Å². The summed E-state index contributed by atoms with van der Waals surface area (Å²) in [6, 6.07) is 4.06. The SMILES string of the molecule is CN(C)C[C@H]1CN(Cc2nc(-c3cccs3)n[nH]2)CCO1. The number of rotatable bonds is 5. The molecule has 1 saturated heterocycles. The second-order valence-electron chi connectivity index (χ2n) is 5.57. The number of aromatic amines is 1. The normalized spacial score (nSPS) is 20.2. The van der Waals surface area contributed by atoms with Gasteiger partial charge in [-0.2, -0.15) is 5.10 Å². The zero-order valence-electron chi connectivity index (χ0n) is 12.5. The molecule has 2 aromatic heterocycles. The predicted octanol–water partition coefficient (Wildman–Crippen LogP) is 1.30. The number of morpholine rings is 1. The van der Waals surface area contributed by atoms with E-state index in [9.17, 15) is 0 Å². The van der Waals surface area contributed by atoms with Crippen LogP contribution in [0.2, 0.25) is 0 Å². The highest BCUT2D eigenvalue weighted by molar-refractivity contribution is 7.13. The number of likely N-dealkylation sites (N-methyl/N-ethyl adjacent to an activating group) is 1. The molecule has 0 saturated carbocycles. The van der Waals surface area contributed by atoms with Crippen molar-refractivity contribution in [1.29, 1.82) is 0 Å². The number of aromatic nitrogens is 3. The first-order valence-electron chi connectivity index (χ1n) is 7.14. The molecule has 0 unspecified atom stereocenters. The van der Waals surface area contributed by atoms with Gasteiger partial charge >= 0.3 is 0 Å². The maximum Gasteiger partial charge on any atom is 0.191 e. The highest BCUT2D eigenvalue weighted by atomic mass is 32.1. The maximum absolute atomic E-state index is 5.79. The van der Waals surface area contributed by atoms with Gasteiger partial charge in [-0.1, -0.05) is 6.07 Å². The zero-order valence-corrected chi connectivity index (χ0v) is 13.3. The second kappa shape index (κ2) is 6.65. The number of hydrogen-bond acceptors (Lipinski definition) is 6. The molecule has 2 aromatic rings.